The highest BCUT2D eigenvalue weighted by Crippen LogP contribution is 2.25. The first kappa shape index (κ1) is 32.7. The highest BCUT2D eigenvalue weighted by molar-refractivity contribution is 4.89. The Bertz CT molecular complexity index is 508. The van der Waals surface area contributed by atoms with E-state index in [1.165, 1.54) is 44.9 Å². The van der Waals surface area contributed by atoms with Crippen molar-refractivity contribution in [1.29, 1.82) is 0 Å². The van der Waals surface area contributed by atoms with Gasteiger partial charge in [-0.05, 0) is 26.7 Å². The Morgan fingerprint density at radius 3 is 1.60 bits per heavy atom. The van der Waals surface area contributed by atoms with Crippen LogP contribution in [0, 0.1) is 0 Å². The molecule has 9 atom stereocenters. The first-order valence-corrected chi connectivity index (χ1v) is 13.8. The number of hydrogen-bond donors (Lipinski definition) is 7. The molecule has 1 saturated heterocycles. The Morgan fingerprint density at radius 2 is 1.17 bits per heavy atom. The fourth-order valence-corrected chi connectivity index (χ4v) is 4.50. The third kappa shape index (κ3) is 13.1. The van der Waals surface area contributed by atoms with Crippen LogP contribution in [-0.2, 0) is 9.47 Å². The Morgan fingerprint density at radius 1 is 0.714 bits per heavy atom. The molecule has 0 amide bonds. The lowest BCUT2D eigenvalue weighted by Crippen LogP contribution is -2.60. The number of rotatable bonds is 20. The summed E-state index contributed by atoms with van der Waals surface area (Å²) >= 11 is 0. The van der Waals surface area contributed by atoms with Gasteiger partial charge < -0.3 is 45.8 Å². The molecule has 0 saturated carbocycles. The summed E-state index contributed by atoms with van der Waals surface area (Å²) in [6.07, 6.45) is 6.94. The summed E-state index contributed by atoms with van der Waals surface area (Å²) in [7, 11) is 0. The van der Waals surface area contributed by atoms with Crippen LogP contribution in [0.2, 0.25) is 0 Å². The summed E-state index contributed by atoms with van der Waals surface area (Å²) in [5.74, 6) is 0. The number of hydrogen-bond acceptors (Lipinski definition) is 9. The molecule has 8 N–H and O–H groups in total. The maximum absolute atomic E-state index is 10.1. The van der Waals surface area contributed by atoms with Gasteiger partial charge in [0.1, 0.15) is 24.4 Å². The molecule has 1 rings (SSSR count). The maximum Gasteiger partial charge on any atom is 0.187 e. The average Bonchev–Trinajstić information content (AvgIpc) is 2.82. The van der Waals surface area contributed by atoms with Crippen molar-refractivity contribution in [3.63, 3.8) is 0 Å². The zero-order valence-electron chi connectivity index (χ0n) is 21.9. The summed E-state index contributed by atoms with van der Waals surface area (Å²) in [4.78, 5) is 0. The van der Waals surface area contributed by atoms with Crippen molar-refractivity contribution in [2.24, 2.45) is 5.73 Å². The molecule has 9 heteroatoms. The van der Waals surface area contributed by atoms with E-state index in [1.54, 1.807) is 6.92 Å². The molecule has 1 aliphatic heterocycles. The molecule has 0 aromatic carbocycles. The van der Waals surface area contributed by atoms with Gasteiger partial charge >= 0.3 is 0 Å². The summed E-state index contributed by atoms with van der Waals surface area (Å²) in [6, 6.07) is -0.139. The number of unbranched alkanes of at least 4 members (excludes halogenated alkanes) is 11. The van der Waals surface area contributed by atoms with Gasteiger partial charge in [0.25, 0.3) is 0 Å². The van der Waals surface area contributed by atoms with Crippen LogP contribution in [0.3, 0.4) is 0 Å². The van der Waals surface area contributed by atoms with Gasteiger partial charge in [-0.25, -0.2) is 0 Å². The standard InChI is InChI=1S/C26H53NO8/c1-18(27)20(30)15-13-11-9-7-5-3-4-6-8-10-12-14-16-21(19(2)29)34-26-25(33)24(32)23(31)22(17-28)35-26/h18-26,28-33H,3-17,27H2,1-2H3. The molecule has 35 heavy (non-hydrogen) atoms. The van der Waals surface area contributed by atoms with Crippen molar-refractivity contribution in [1.82, 2.24) is 0 Å². The molecule has 1 heterocycles. The third-order valence-corrected chi connectivity index (χ3v) is 7.04. The largest absolute Gasteiger partial charge is 0.394 e. The van der Waals surface area contributed by atoms with Crippen LogP contribution in [0.5, 0.6) is 0 Å². The van der Waals surface area contributed by atoms with Crippen LogP contribution < -0.4 is 5.73 Å². The van der Waals surface area contributed by atoms with Crippen LogP contribution in [0.25, 0.3) is 0 Å². The lowest BCUT2D eigenvalue weighted by molar-refractivity contribution is -0.317. The van der Waals surface area contributed by atoms with Crippen LogP contribution in [0.1, 0.15) is 104 Å². The van der Waals surface area contributed by atoms with Gasteiger partial charge in [0.2, 0.25) is 0 Å². The van der Waals surface area contributed by atoms with Gasteiger partial charge in [0, 0.05) is 6.04 Å². The fourth-order valence-electron chi connectivity index (χ4n) is 4.50. The molecule has 0 aromatic heterocycles. The molecule has 9 unspecified atom stereocenters. The molecule has 0 aliphatic carbocycles. The zero-order chi connectivity index (χ0) is 26.2. The van der Waals surface area contributed by atoms with Crippen LogP contribution in [0.15, 0.2) is 0 Å². The predicted molar refractivity (Wildman–Crippen MR) is 135 cm³/mol. The lowest BCUT2D eigenvalue weighted by atomic mass is 9.99. The van der Waals surface area contributed by atoms with Gasteiger partial charge in [-0.2, -0.15) is 0 Å². The second-order valence-corrected chi connectivity index (χ2v) is 10.4. The highest BCUT2D eigenvalue weighted by Gasteiger charge is 2.45. The van der Waals surface area contributed by atoms with E-state index < -0.39 is 49.5 Å². The molecule has 0 radical (unpaired) electrons. The molecule has 0 aromatic rings. The second kappa shape index (κ2) is 18.8. The summed E-state index contributed by atoms with van der Waals surface area (Å²) in [5.41, 5.74) is 5.66. The highest BCUT2D eigenvalue weighted by atomic mass is 16.7. The number of aliphatic hydroxyl groups is 6. The molecule has 210 valence electrons. The first-order chi connectivity index (χ1) is 16.7. The summed E-state index contributed by atoms with van der Waals surface area (Å²) in [5, 5.41) is 59.0. The normalized spacial score (nSPS) is 28.5. The molecule has 9 nitrogen and oxygen atoms in total. The number of aliphatic hydroxyl groups excluding tert-OH is 6. The topological polar surface area (TPSA) is 166 Å². The monoisotopic (exact) mass is 507 g/mol. The van der Waals surface area contributed by atoms with E-state index >= 15 is 0 Å². The van der Waals surface area contributed by atoms with E-state index in [4.69, 9.17) is 15.2 Å². The van der Waals surface area contributed by atoms with Gasteiger partial charge in [-0.15, -0.1) is 0 Å². The minimum atomic E-state index is -1.49. The summed E-state index contributed by atoms with van der Waals surface area (Å²) in [6.45, 7) is 2.95. The summed E-state index contributed by atoms with van der Waals surface area (Å²) < 4.78 is 11.1. The zero-order valence-corrected chi connectivity index (χ0v) is 21.9. The molecule has 1 fully saturated rings. The third-order valence-electron chi connectivity index (χ3n) is 7.04. The van der Waals surface area contributed by atoms with E-state index in [1.807, 2.05) is 6.92 Å². The molecular weight excluding hydrogens is 454 g/mol. The quantitative estimate of drug-likeness (QED) is 0.121. The first-order valence-electron chi connectivity index (χ1n) is 13.8. The van der Waals surface area contributed by atoms with Gasteiger partial charge in [0.05, 0.1) is 24.9 Å². The molecular formula is C26H53NO8. The second-order valence-electron chi connectivity index (χ2n) is 10.4. The number of nitrogens with two attached hydrogens (primary N) is 1. The van der Waals surface area contributed by atoms with Crippen LogP contribution >= 0.6 is 0 Å². The molecule has 0 bridgehead atoms. The van der Waals surface area contributed by atoms with E-state index in [9.17, 15) is 30.6 Å². The van der Waals surface area contributed by atoms with E-state index in [0.29, 0.717) is 6.42 Å². The van der Waals surface area contributed by atoms with Gasteiger partial charge in [0.15, 0.2) is 6.29 Å². The Labute approximate surface area is 211 Å². The van der Waals surface area contributed by atoms with E-state index in [-0.39, 0.29) is 12.1 Å². The predicted octanol–water partition coefficient (Wildman–Crippen LogP) is 1.72. The minimum Gasteiger partial charge on any atom is -0.394 e. The van der Waals surface area contributed by atoms with Gasteiger partial charge in [-0.1, -0.05) is 77.0 Å². The van der Waals surface area contributed by atoms with Crippen LogP contribution in [0.4, 0.5) is 0 Å². The van der Waals surface area contributed by atoms with Crippen molar-refractivity contribution in [3.8, 4) is 0 Å². The van der Waals surface area contributed by atoms with Crippen molar-refractivity contribution in [2.75, 3.05) is 6.61 Å². The van der Waals surface area contributed by atoms with E-state index in [0.717, 1.165) is 38.5 Å². The molecule has 1 aliphatic rings. The average molecular weight is 508 g/mol. The van der Waals surface area contributed by atoms with Crippen LogP contribution in [-0.4, -0.2) is 92.3 Å². The Kier molecular flexibility index (Phi) is 17.6. The smallest absolute Gasteiger partial charge is 0.187 e. The number of ether oxygens (including phenoxy) is 2. The van der Waals surface area contributed by atoms with Crippen molar-refractivity contribution in [2.45, 2.75) is 159 Å². The Balaban J connectivity index is 2.07. The van der Waals surface area contributed by atoms with Crippen molar-refractivity contribution >= 4 is 0 Å². The SMILES string of the molecule is CC(N)C(O)CCCCCCCCCCCCCCC(OC1OC(CO)C(O)C(O)C1O)C(C)O. The Hall–Kier alpha value is -0.360. The van der Waals surface area contributed by atoms with Crippen molar-refractivity contribution < 1.29 is 40.1 Å². The fraction of sp³-hybridized carbons (Fsp3) is 1.00. The maximum atomic E-state index is 10.1. The van der Waals surface area contributed by atoms with Crippen molar-refractivity contribution in [3.05, 3.63) is 0 Å². The molecule has 0 spiro atoms. The van der Waals surface area contributed by atoms with E-state index in [2.05, 4.69) is 0 Å². The van der Waals surface area contributed by atoms with Gasteiger partial charge in [-0.3, -0.25) is 0 Å². The lowest BCUT2D eigenvalue weighted by Gasteiger charge is -2.41. The minimum absolute atomic E-state index is 0.139.